The molecule has 0 aliphatic heterocycles. The molecule has 12 rings (SSSR count). The summed E-state index contributed by atoms with van der Waals surface area (Å²) in [7, 11) is 0. The maximum atomic E-state index is 5.16. The molecule has 0 bridgehead atoms. The summed E-state index contributed by atoms with van der Waals surface area (Å²) in [4.78, 5) is 15.3. The fourth-order valence-electron chi connectivity index (χ4n) is 8.37. The van der Waals surface area contributed by atoms with Crippen molar-refractivity contribution < 1.29 is 0 Å². The normalized spacial score (nSPS) is 11.9. The van der Waals surface area contributed by atoms with Crippen LogP contribution in [0.1, 0.15) is 0 Å². The standard InChI is InChI=1S/C51H29N3S3/c1-3-14-30(15-4-1)49-52-50(31-16-5-2-6-17-31)54-51(53-49)39-24-13-27-43-46(39)38-23-12-22-36(48(38)57-43)40-28-32(29-44-45(40)37-19-8-10-26-42(37)55-44)33-20-11-21-35-34-18-7-9-25-41(34)56-47(33)35/h1-29H. The molecule has 8 aromatic carbocycles. The highest BCUT2D eigenvalue weighted by molar-refractivity contribution is 7.27. The van der Waals surface area contributed by atoms with Crippen LogP contribution >= 0.6 is 34.0 Å². The number of hydrogen-bond acceptors (Lipinski definition) is 6. The van der Waals surface area contributed by atoms with E-state index in [9.17, 15) is 0 Å². The molecule has 0 amide bonds. The van der Waals surface area contributed by atoms with E-state index < -0.39 is 0 Å². The second-order valence-corrected chi connectivity index (χ2v) is 17.5. The molecule has 12 aromatic rings. The molecule has 57 heavy (non-hydrogen) atoms. The topological polar surface area (TPSA) is 38.7 Å². The first-order chi connectivity index (χ1) is 28.2. The minimum atomic E-state index is 0.661. The minimum absolute atomic E-state index is 0.661. The lowest BCUT2D eigenvalue weighted by molar-refractivity contribution is 1.08. The van der Waals surface area contributed by atoms with E-state index in [0.29, 0.717) is 17.5 Å². The van der Waals surface area contributed by atoms with Gasteiger partial charge < -0.3 is 0 Å². The molecule has 0 N–H and O–H groups in total. The van der Waals surface area contributed by atoms with Gasteiger partial charge in [0, 0.05) is 82.8 Å². The van der Waals surface area contributed by atoms with Gasteiger partial charge in [0.05, 0.1) is 0 Å². The van der Waals surface area contributed by atoms with Crippen molar-refractivity contribution >= 4 is 94.5 Å². The molecular formula is C51H29N3S3. The number of hydrogen-bond donors (Lipinski definition) is 0. The zero-order valence-electron chi connectivity index (χ0n) is 30.3. The lowest BCUT2D eigenvalue weighted by Gasteiger charge is -2.12. The quantitative estimate of drug-likeness (QED) is 0.175. The molecule has 0 saturated carbocycles. The van der Waals surface area contributed by atoms with Crippen molar-refractivity contribution in [1.29, 1.82) is 0 Å². The van der Waals surface area contributed by atoms with E-state index in [1.807, 2.05) is 70.4 Å². The van der Waals surface area contributed by atoms with Gasteiger partial charge in [-0.15, -0.1) is 34.0 Å². The van der Waals surface area contributed by atoms with Crippen molar-refractivity contribution in [1.82, 2.24) is 15.0 Å². The third-order valence-corrected chi connectivity index (χ3v) is 14.5. The molecule has 0 atom stereocenters. The van der Waals surface area contributed by atoms with Crippen molar-refractivity contribution in [3.8, 4) is 56.4 Å². The molecule has 3 nitrogen and oxygen atoms in total. The summed E-state index contributed by atoms with van der Waals surface area (Å²) in [6, 6.07) is 63.0. The second kappa shape index (κ2) is 13.0. The maximum Gasteiger partial charge on any atom is 0.164 e. The molecular weight excluding hydrogens is 751 g/mol. The van der Waals surface area contributed by atoms with Crippen molar-refractivity contribution in [2.75, 3.05) is 0 Å². The lowest BCUT2D eigenvalue weighted by atomic mass is 9.93. The zero-order valence-corrected chi connectivity index (χ0v) is 32.8. The van der Waals surface area contributed by atoms with E-state index in [4.69, 9.17) is 15.0 Å². The molecule has 0 radical (unpaired) electrons. The van der Waals surface area contributed by atoms with E-state index in [0.717, 1.165) is 16.7 Å². The summed E-state index contributed by atoms with van der Waals surface area (Å²) < 4.78 is 7.71. The van der Waals surface area contributed by atoms with Gasteiger partial charge in [-0.05, 0) is 47.0 Å². The average Bonchev–Trinajstić information content (AvgIpc) is 3.98. The molecule has 0 unspecified atom stereocenters. The molecule has 0 fully saturated rings. The predicted molar refractivity (Wildman–Crippen MR) is 246 cm³/mol. The van der Waals surface area contributed by atoms with Crippen molar-refractivity contribution in [3.05, 3.63) is 176 Å². The summed E-state index contributed by atoms with van der Waals surface area (Å²) >= 11 is 5.62. The van der Waals surface area contributed by atoms with Crippen LogP contribution in [0.25, 0.3) is 117 Å². The van der Waals surface area contributed by atoms with E-state index in [-0.39, 0.29) is 0 Å². The summed E-state index contributed by atoms with van der Waals surface area (Å²) in [5.41, 5.74) is 7.94. The van der Waals surface area contributed by atoms with Crippen LogP contribution in [-0.2, 0) is 0 Å². The van der Waals surface area contributed by atoms with E-state index in [2.05, 4.69) is 140 Å². The van der Waals surface area contributed by atoms with Crippen LogP contribution in [0.5, 0.6) is 0 Å². The van der Waals surface area contributed by atoms with Gasteiger partial charge in [-0.3, -0.25) is 0 Å². The smallest absolute Gasteiger partial charge is 0.164 e. The highest BCUT2D eigenvalue weighted by Crippen LogP contribution is 2.49. The number of benzene rings is 8. The van der Waals surface area contributed by atoms with E-state index in [1.54, 1.807) is 0 Å². The SMILES string of the molecule is c1ccc(-c2nc(-c3ccccc3)nc(-c3cccc4sc5c(-c6cc(-c7cccc8c7sc7ccccc78)cc7sc8ccccc8c67)cccc5c34)n2)cc1. The molecule has 4 heterocycles. The second-order valence-electron chi connectivity index (χ2n) is 14.3. The Kier molecular flexibility index (Phi) is 7.45. The predicted octanol–water partition coefficient (Wildman–Crippen LogP) is 15.3. The third-order valence-electron chi connectivity index (χ3n) is 10.9. The molecule has 4 aromatic heterocycles. The van der Waals surface area contributed by atoms with Gasteiger partial charge in [0.2, 0.25) is 0 Å². The van der Waals surface area contributed by atoms with Gasteiger partial charge in [-0.1, -0.05) is 146 Å². The lowest BCUT2D eigenvalue weighted by Crippen LogP contribution is -2.00. The molecule has 0 spiro atoms. The summed E-state index contributed by atoms with van der Waals surface area (Å²) in [6.45, 7) is 0. The Bertz CT molecular complexity index is 3470. The average molecular weight is 780 g/mol. The zero-order chi connectivity index (χ0) is 37.5. The Labute approximate surface area is 339 Å². The number of aromatic nitrogens is 3. The van der Waals surface area contributed by atoms with Crippen molar-refractivity contribution in [2.24, 2.45) is 0 Å². The summed E-state index contributed by atoms with van der Waals surface area (Å²) in [6.07, 6.45) is 0. The van der Waals surface area contributed by atoms with E-state index >= 15 is 0 Å². The monoisotopic (exact) mass is 779 g/mol. The Hall–Kier alpha value is -6.57. The highest BCUT2D eigenvalue weighted by Gasteiger charge is 2.21. The third kappa shape index (κ3) is 5.26. The number of nitrogens with zero attached hydrogens (tertiary/aromatic N) is 3. The first-order valence-corrected chi connectivity index (χ1v) is 21.4. The number of thiophene rings is 3. The van der Waals surface area contributed by atoms with Gasteiger partial charge in [0.1, 0.15) is 0 Å². The van der Waals surface area contributed by atoms with Crippen LogP contribution in [0.4, 0.5) is 0 Å². The van der Waals surface area contributed by atoms with Crippen LogP contribution in [-0.4, -0.2) is 15.0 Å². The Morgan fingerprint density at radius 2 is 0.789 bits per heavy atom. The minimum Gasteiger partial charge on any atom is -0.208 e. The van der Waals surface area contributed by atoms with E-state index in [1.165, 1.54) is 82.8 Å². The largest absolute Gasteiger partial charge is 0.208 e. The Morgan fingerprint density at radius 3 is 1.54 bits per heavy atom. The summed E-state index contributed by atoms with van der Waals surface area (Å²) in [5, 5.41) is 7.61. The van der Waals surface area contributed by atoms with Gasteiger partial charge in [-0.2, -0.15) is 0 Å². The van der Waals surface area contributed by atoms with Gasteiger partial charge in [0.15, 0.2) is 17.5 Å². The van der Waals surface area contributed by atoms with Crippen LogP contribution < -0.4 is 0 Å². The number of fused-ring (bicyclic) bond motifs is 9. The molecule has 0 aliphatic carbocycles. The highest BCUT2D eigenvalue weighted by atomic mass is 32.1. The van der Waals surface area contributed by atoms with Crippen molar-refractivity contribution in [2.45, 2.75) is 0 Å². The fourth-order valence-corrected chi connectivity index (χ4v) is 12.0. The Balaban J connectivity index is 1.11. The van der Waals surface area contributed by atoms with Gasteiger partial charge in [-0.25, -0.2) is 15.0 Å². The molecule has 266 valence electrons. The fraction of sp³-hybridized carbons (Fsp3) is 0. The Morgan fingerprint density at radius 1 is 0.281 bits per heavy atom. The van der Waals surface area contributed by atoms with Crippen LogP contribution in [0.3, 0.4) is 0 Å². The summed E-state index contributed by atoms with van der Waals surface area (Å²) in [5.74, 6) is 1.99. The van der Waals surface area contributed by atoms with Crippen LogP contribution in [0.2, 0.25) is 0 Å². The first-order valence-electron chi connectivity index (χ1n) is 18.9. The number of rotatable bonds is 5. The van der Waals surface area contributed by atoms with Gasteiger partial charge >= 0.3 is 0 Å². The van der Waals surface area contributed by atoms with Crippen LogP contribution in [0, 0.1) is 0 Å². The maximum absolute atomic E-state index is 5.16. The first kappa shape index (κ1) is 32.7. The molecule has 6 heteroatoms. The van der Waals surface area contributed by atoms with Gasteiger partial charge in [0.25, 0.3) is 0 Å². The molecule has 0 aliphatic rings. The molecule has 0 saturated heterocycles. The van der Waals surface area contributed by atoms with Crippen molar-refractivity contribution in [3.63, 3.8) is 0 Å². The van der Waals surface area contributed by atoms with Crippen LogP contribution in [0.15, 0.2) is 176 Å².